The van der Waals surface area contributed by atoms with E-state index in [2.05, 4.69) is 17.2 Å². The van der Waals surface area contributed by atoms with Gasteiger partial charge >= 0.3 is 11.9 Å². The van der Waals surface area contributed by atoms with Crippen LogP contribution in [0.5, 0.6) is 0 Å². The van der Waals surface area contributed by atoms with E-state index in [0.29, 0.717) is 18.4 Å². The van der Waals surface area contributed by atoms with Crippen molar-refractivity contribution in [2.75, 3.05) is 12.3 Å². The Morgan fingerprint density at radius 2 is 1.96 bits per heavy atom. The average molecular weight is 415 g/mol. The van der Waals surface area contributed by atoms with Gasteiger partial charge in [-0.25, -0.2) is 0 Å². The van der Waals surface area contributed by atoms with E-state index in [-0.39, 0.29) is 29.6 Å². The van der Waals surface area contributed by atoms with Gasteiger partial charge in [-0.15, -0.1) is 0 Å². The standard InChI is InChI=1S/C17H25N3O7S/c1-9-12(21)3-2-4-13(9)28-8-11(16(25)19-7-15(23)24)20-14(22)6-5-10(18)17(26)27/h10-11,13H,1-8,18H2,(H,19,25)(H,20,22)(H,23,24)(H,26,27)/t10-,11-,13?/m0/s1. The van der Waals surface area contributed by atoms with Crippen molar-refractivity contribution in [1.29, 1.82) is 0 Å². The number of carboxylic acids is 2. The third-order valence-corrected chi connectivity index (χ3v) is 5.59. The van der Waals surface area contributed by atoms with Crippen LogP contribution in [0.4, 0.5) is 0 Å². The summed E-state index contributed by atoms with van der Waals surface area (Å²) in [6.07, 6.45) is 1.57. The topological polar surface area (TPSA) is 176 Å². The van der Waals surface area contributed by atoms with Crippen LogP contribution < -0.4 is 16.4 Å². The van der Waals surface area contributed by atoms with Crippen molar-refractivity contribution in [2.24, 2.45) is 5.73 Å². The van der Waals surface area contributed by atoms with Gasteiger partial charge in [0.05, 0.1) is 0 Å². The van der Waals surface area contributed by atoms with Gasteiger partial charge in [-0.05, 0) is 19.3 Å². The number of nitrogens with one attached hydrogen (secondary N) is 2. The summed E-state index contributed by atoms with van der Waals surface area (Å²) >= 11 is 1.29. The van der Waals surface area contributed by atoms with Crippen LogP contribution in [-0.2, 0) is 24.0 Å². The number of carbonyl (C=O) groups is 5. The van der Waals surface area contributed by atoms with Gasteiger partial charge in [-0.3, -0.25) is 24.0 Å². The molecule has 1 aliphatic carbocycles. The first-order valence-electron chi connectivity index (χ1n) is 8.72. The highest BCUT2D eigenvalue weighted by molar-refractivity contribution is 8.00. The minimum Gasteiger partial charge on any atom is -0.480 e. The van der Waals surface area contributed by atoms with Crippen molar-refractivity contribution in [3.63, 3.8) is 0 Å². The molecule has 156 valence electrons. The molecule has 1 fully saturated rings. The lowest BCUT2D eigenvalue weighted by atomic mass is 9.94. The SMILES string of the molecule is C=C1C(=O)CCCC1SC[C@H](NC(=O)CC[C@H](N)C(=O)O)C(=O)NCC(=O)O. The number of ketones is 1. The summed E-state index contributed by atoms with van der Waals surface area (Å²) in [7, 11) is 0. The normalized spacial score (nSPS) is 18.8. The molecule has 28 heavy (non-hydrogen) atoms. The molecule has 0 heterocycles. The van der Waals surface area contributed by atoms with Gasteiger partial charge in [0.1, 0.15) is 18.6 Å². The molecule has 3 atom stereocenters. The number of nitrogens with two attached hydrogens (primary N) is 1. The number of carboxylic acid groups (broad SMARTS) is 2. The Hall–Kier alpha value is -2.40. The van der Waals surface area contributed by atoms with Gasteiger partial charge in [0, 0.05) is 29.4 Å². The molecule has 1 saturated carbocycles. The molecule has 11 heteroatoms. The van der Waals surface area contributed by atoms with Gasteiger partial charge in [-0.1, -0.05) is 6.58 Å². The van der Waals surface area contributed by atoms with Gasteiger partial charge in [0.15, 0.2) is 5.78 Å². The number of carbonyl (C=O) groups excluding carboxylic acids is 3. The van der Waals surface area contributed by atoms with Crippen molar-refractivity contribution < 1.29 is 34.2 Å². The molecule has 0 aliphatic heterocycles. The van der Waals surface area contributed by atoms with E-state index >= 15 is 0 Å². The molecule has 1 unspecified atom stereocenters. The maximum Gasteiger partial charge on any atom is 0.322 e. The van der Waals surface area contributed by atoms with Crippen LogP contribution in [0.1, 0.15) is 32.1 Å². The predicted octanol–water partition coefficient (Wildman–Crippen LogP) is -0.725. The Bertz CT molecular complexity index is 653. The molecule has 0 aromatic carbocycles. The average Bonchev–Trinajstić information content (AvgIpc) is 2.63. The number of aliphatic carboxylic acids is 2. The van der Waals surface area contributed by atoms with E-state index in [0.717, 1.165) is 6.42 Å². The zero-order valence-electron chi connectivity index (χ0n) is 15.3. The Labute approximate surface area is 166 Å². The van der Waals surface area contributed by atoms with E-state index < -0.39 is 42.4 Å². The molecular weight excluding hydrogens is 390 g/mol. The van der Waals surface area contributed by atoms with Crippen LogP contribution in [0.15, 0.2) is 12.2 Å². The van der Waals surface area contributed by atoms with Gasteiger partial charge in [0.25, 0.3) is 0 Å². The van der Waals surface area contributed by atoms with Crippen molar-refractivity contribution in [2.45, 2.75) is 49.4 Å². The molecule has 0 saturated heterocycles. The molecule has 0 bridgehead atoms. The second-order valence-electron chi connectivity index (χ2n) is 6.38. The minimum absolute atomic E-state index is 0.0256. The Morgan fingerprint density at radius 3 is 2.57 bits per heavy atom. The molecule has 10 nitrogen and oxygen atoms in total. The fourth-order valence-corrected chi connectivity index (χ4v) is 3.83. The quantitative estimate of drug-likeness (QED) is 0.272. The zero-order valence-corrected chi connectivity index (χ0v) is 16.1. The summed E-state index contributed by atoms with van der Waals surface area (Å²) in [6, 6.07) is -2.24. The maximum atomic E-state index is 12.2. The third kappa shape index (κ3) is 8.09. The lowest BCUT2D eigenvalue weighted by molar-refractivity contribution is -0.139. The smallest absolute Gasteiger partial charge is 0.322 e. The second kappa shape index (κ2) is 11.4. The number of amides is 2. The van der Waals surface area contributed by atoms with Gasteiger partial charge in [-0.2, -0.15) is 11.8 Å². The first-order chi connectivity index (χ1) is 13.1. The van der Waals surface area contributed by atoms with Gasteiger partial charge in [0.2, 0.25) is 11.8 Å². The zero-order chi connectivity index (χ0) is 21.3. The monoisotopic (exact) mass is 415 g/mol. The first-order valence-corrected chi connectivity index (χ1v) is 9.77. The highest BCUT2D eigenvalue weighted by Crippen LogP contribution is 2.30. The lowest BCUT2D eigenvalue weighted by Crippen LogP contribution is -2.49. The maximum absolute atomic E-state index is 12.2. The van der Waals surface area contributed by atoms with Crippen LogP contribution in [0, 0.1) is 0 Å². The van der Waals surface area contributed by atoms with Crippen molar-refractivity contribution in [3.8, 4) is 0 Å². The van der Waals surface area contributed by atoms with Crippen LogP contribution in [-0.4, -0.2) is 69.4 Å². The van der Waals surface area contributed by atoms with Crippen LogP contribution >= 0.6 is 11.8 Å². The van der Waals surface area contributed by atoms with Crippen molar-refractivity contribution >= 4 is 41.3 Å². The summed E-state index contributed by atoms with van der Waals surface area (Å²) in [6.45, 7) is 3.18. The number of thioether (sulfide) groups is 1. The van der Waals surface area contributed by atoms with E-state index in [1.807, 2.05) is 0 Å². The molecule has 6 N–H and O–H groups in total. The summed E-state index contributed by atoms with van der Waals surface area (Å²) in [5.41, 5.74) is 5.82. The van der Waals surface area contributed by atoms with E-state index in [9.17, 15) is 24.0 Å². The highest BCUT2D eigenvalue weighted by atomic mass is 32.2. The molecule has 0 spiro atoms. The number of hydrogen-bond acceptors (Lipinski definition) is 7. The molecule has 2 amide bonds. The molecule has 0 radical (unpaired) electrons. The number of Topliss-reactive ketones (excluding diaryl/α,β-unsaturated/α-hetero) is 1. The van der Waals surface area contributed by atoms with E-state index in [1.165, 1.54) is 11.8 Å². The summed E-state index contributed by atoms with van der Waals surface area (Å²) in [5.74, 6) is -3.64. The molecule has 0 aromatic rings. The fraction of sp³-hybridized carbons (Fsp3) is 0.588. The van der Waals surface area contributed by atoms with Crippen LogP contribution in [0.25, 0.3) is 0 Å². The van der Waals surface area contributed by atoms with Crippen molar-refractivity contribution in [1.82, 2.24) is 10.6 Å². The van der Waals surface area contributed by atoms with E-state index in [4.69, 9.17) is 15.9 Å². The van der Waals surface area contributed by atoms with E-state index in [1.54, 1.807) is 0 Å². The van der Waals surface area contributed by atoms with Gasteiger partial charge < -0.3 is 26.6 Å². The van der Waals surface area contributed by atoms with Crippen LogP contribution in [0.2, 0.25) is 0 Å². The molecule has 1 aliphatic rings. The highest BCUT2D eigenvalue weighted by Gasteiger charge is 2.28. The first kappa shape index (κ1) is 23.6. The van der Waals surface area contributed by atoms with Crippen molar-refractivity contribution in [3.05, 3.63) is 12.2 Å². The Balaban J connectivity index is 2.67. The van der Waals surface area contributed by atoms with Crippen LogP contribution in [0.3, 0.4) is 0 Å². The number of hydrogen-bond donors (Lipinski definition) is 5. The summed E-state index contributed by atoms with van der Waals surface area (Å²) in [4.78, 5) is 57.4. The largest absolute Gasteiger partial charge is 0.480 e. The fourth-order valence-electron chi connectivity index (χ4n) is 2.50. The Morgan fingerprint density at radius 1 is 1.29 bits per heavy atom. The summed E-state index contributed by atoms with van der Waals surface area (Å²) in [5, 5.41) is 21.9. The second-order valence-corrected chi connectivity index (χ2v) is 7.61. The molecule has 0 aromatic heterocycles. The minimum atomic E-state index is -1.24. The third-order valence-electron chi connectivity index (χ3n) is 4.15. The predicted molar refractivity (Wildman–Crippen MR) is 102 cm³/mol. The molecular formula is C17H25N3O7S. The lowest BCUT2D eigenvalue weighted by Gasteiger charge is -2.25. The Kier molecular flexibility index (Phi) is 9.66. The number of rotatable bonds is 11. The summed E-state index contributed by atoms with van der Waals surface area (Å²) < 4.78 is 0. The molecule has 1 rings (SSSR count).